The molecule has 7 aromatic rings. The number of H-pyrrole nitrogens is 2. The molecule has 0 aliphatic carbocycles. The van der Waals surface area contributed by atoms with E-state index in [1.165, 1.54) is 88.7 Å². The van der Waals surface area contributed by atoms with Gasteiger partial charge in [0.1, 0.15) is 31.3 Å². The molecule has 0 saturated carbocycles. The second-order valence-corrected chi connectivity index (χ2v) is 22.3. The van der Waals surface area contributed by atoms with Gasteiger partial charge in [-0.15, -0.1) is 0 Å². The van der Waals surface area contributed by atoms with Crippen LogP contribution in [0.25, 0.3) is 21.8 Å². The molecule has 0 amide bonds. The molecule has 3 fully saturated rings. The largest absolute Gasteiger partial charge is 0.492 e. The summed E-state index contributed by atoms with van der Waals surface area (Å²) in [4.78, 5) is 2.86. The number of fused-ring (bicyclic) bond motifs is 2. The van der Waals surface area contributed by atoms with Crippen LogP contribution in [0.2, 0.25) is 0 Å². The summed E-state index contributed by atoms with van der Waals surface area (Å²) < 4.78 is 97.6. The van der Waals surface area contributed by atoms with E-state index in [4.69, 9.17) is 18.4 Å². The van der Waals surface area contributed by atoms with Gasteiger partial charge in [-0.05, 0) is 144 Å². The number of aromatic amines is 2. The van der Waals surface area contributed by atoms with Gasteiger partial charge in [-0.25, -0.2) is 16.8 Å². The first-order valence-corrected chi connectivity index (χ1v) is 28.1. The van der Waals surface area contributed by atoms with Crippen molar-refractivity contribution in [2.24, 2.45) is 0 Å². The van der Waals surface area contributed by atoms with Crippen molar-refractivity contribution in [3.63, 3.8) is 0 Å². The molecule has 3 aliphatic heterocycles. The number of rotatable bonds is 14. The van der Waals surface area contributed by atoms with E-state index in [1.807, 2.05) is 13.0 Å². The van der Waals surface area contributed by atoms with E-state index in [-0.39, 0.29) is 38.0 Å². The SMILES string of the molecule is C1CCNCC1.C1CCOC1.Cc1ccc(S(=O)(=O)OCCOc2ccc3n[nH]c(S(=O)(=O)c4ccccc4)c3c2)cc1.O=S(=O)(c1ccccc1)c1[nH]nc2ccc(OCCN3CCCCC3)cc12. The van der Waals surface area contributed by atoms with E-state index in [9.17, 15) is 25.3 Å². The van der Waals surface area contributed by atoms with Crippen LogP contribution in [-0.4, -0.2) is 116 Å². The normalized spacial score (nSPS) is 15.4. The van der Waals surface area contributed by atoms with Crippen molar-refractivity contribution in [3.8, 4) is 11.5 Å². The molecule has 19 heteroatoms. The van der Waals surface area contributed by atoms with Gasteiger partial charge in [0.05, 0.1) is 25.7 Å². The molecule has 16 nitrogen and oxygen atoms in total. The molecule has 0 bridgehead atoms. The van der Waals surface area contributed by atoms with Gasteiger partial charge in [-0.1, -0.05) is 66.9 Å². The van der Waals surface area contributed by atoms with Crippen LogP contribution in [0.3, 0.4) is 0 Å². The molecular weight excluding hydrogens is 953 g/mol. The van der Waals surface area contributed by atoms with Crippen LogP contribution >= 0.6 is 0 Å². The van der Waals surface area contributed by atoms with Crippen LogP contribution < -0.4 is 14.8 Å². The van der Waals surface area contributed by atoms with Crippen LogP contribution in [0.15, 0.2) is 146 Å². The number of hydrogen-bond acceptors (Lipinski definition) is 14. The van der Waals surface area contributed by atoms with E-state index in [2.05, 4.69) is 30.6 Å². The molecule has 0 radical (unpaired) electrons. The Balaban J connectivity index is 0.000000170. The fourth-order valence-corrected chi connectivity index (χ4v) is 11.5. The number of hydrogen-bond donors (Lipinski definition) is 3. The Bertz CT molecular complexity index is 3030. The molecule has 3 saturated heterocycles. The van der Waals surface area contributed by atoms with Gasteiger partial charge in [0, 0.05) is 30.5 Å². The number of likely N-dealkylation sites (tertiary alicyclic amines) is 1. The summed E-state index contributed by atoms with van der Waals surface area (Å²) >= 11 is 0. The molecule has 10 rings (SSSR count). The highest BCUT2D eigenvalue weighted by molar-refractivity contribution is 7.92. The van der Waals surface area contributed by atoms with Gasteiger partial charge in [-0.2, -0.15) is 18.6 Å². The molecule has 0 atom stereocenters. The Morgan fingerprint density at radius 2 is 1.04 bits per heavy atom. The number of ether oxygens (including phenoxy) is 3. The van der Waals surface area contributed by atoms with Gasteiger partial charge < -0.3 is 19.5 Å². The molecule has 3 aliphatic rings. The third-order valence-corrected chi connectivity index (χ3v) is 16.5. The van der Waals surface area contributed by atoms with E-state index in [0.29, 0.717) is 39.9 Å². The smallest absolute Gasteiger partial charge is 0.297 e. The molecule has 70 heavy (non-hydrogen) atoms. The molecule has 0 spiro atoms. The quantitative estimate of drug-likeness (QED) is 0.0691. The average Bonchev–Trinajstić information content (AvgIpc) is 4.21. The zero-order valence-corrected chi connectivity index (χ0v) is 41.9. The maximum atomic E-state index is 12.9. The lowest BCUT2D eigenvalue weighted by atomic mass is 10.1. The first kappa shape index (κ1) is 52.2. The molecule has 374 valence electrons. The topological polar surface area (TPSA) is 212 Å². The summed E-state index contributed by atoms with van der Waals surface area (Å²) in [5.74, 6) is 1.02. The predicted octanol–water partition coefficient (Wildman–Crippen LogP) is 8.31. The summed E-state index contributed by atoms with van der Waals surface area (Å²) in [6, 6.07) is 32.9. The summed E-state index contributed by atoms with van der Waals surface area (Å²) in [7, 11) is -11.3. The Hall–Kier alpha value is -5.67. The summed E-state index contributed by atoms with van der Waals surface area (Å²) in [5.41, 5.74) is 2.01. The van der Waals surface area contributed by atoms with Gasteiger partial charge in [0.15, 0.2) is 10.1 Å². The second-order valence-electron chi connectivity index (χ2n) is 16.9. The fraction of sp³-hybridized carbons (Fsp3) is 0.373. The van der Waals surface area contributed by atoms with Crippen LogP contribution in [0, 0.1) is 6.92 Å². The van der Waals surface area contributed by atoms with Crippen LogP contribution in [0.5, 0.6) is 11.5 Å². The first-order valence-electron chi connectivity index (χ1n) is 23.7. The number of piperidine rings is 2. The summed E-state index contributed by atoms with van der Waals surface area (Å²) in [5, 5.41) is 17.7. The van der Waals surface area contributed by atoms with E-state index in [0.717, 1.165) is 38.4 Å². The van der Waals surface area contributed by atoms with Gasteiger partial charge in [-0.3, -0.25) is 19.3 Å². The number of aryl methyl sites for hydroxylation is 1. The monoisotopic (exact) mass is 1010 g/mol. The Kier molecular flexibility index (Phi) is 19.0. The van der Waals surface area contributed by atoms with Crippen molar-refractivity contribution in [1.82, 2.24) is 30.6 Å². The number of sulfone groups is 2. The Labute approximate surface area is 411 Å². The number of aromatic nitrogens is 4. The minimum absolute atomic E-state index is 0.0395. The zero-order valence-electron chi connectivity index (χ0n) is 39.4. The van der Waals surface area contributed by atoms with Gasteiger partial charge in [0.2, 0.25) is 19.7 Å². The van der Waals surface area contributed by atoms with Gasteiger partial charge in [0.25, 0.3) is 10.1 Å². The highest BCUT2D eigenvalue weighted by Crippen LogP contribution is 2.31. The maximum Gasteiger partial charge on any atom is 0.297 e. The van der Waals surface area contributed by atoms with E-state index >= 15 is 0 Å². The van der Waals surface area contributed by atoms with Crippen LogP contribution in [0.4, 0.5) is 0 Å². The molecular formula is C51H62N6O10S3. The number of nitrogens with one attached hydrogen (secondary N) is 3. The predicted molar refractivity (Wildman–Crippen MR) is 268 cm³/mol. The van der Waals surface area contributed by atoms with E-state index in [1.54, 1.807) is 91.0 Å². The minimum atomic E-state index is -3.89. The van der Waals surface area contributed by atoms with Crippen molar-refractivity contribution in [2.45, 2.75) is 83.0 Å². The van der Waals surface area contributed by atoms with Crippen LogP contribution in [-0.2, 0) is 38.7 Å². The lowest BCUT2D eigenvalue weighted by Gasteiger charge is -2.26. The first-order chi connectivity index (χ1) is 33.9. The molecule has 5 heterocycles. The highest BCUT2D eigenvalue weighted by atomic mass is 32.2. The van der Waals surface area contributed by atoms with E-state index < -0.39 is 29.8 Å². The summed E-state index contributed by atoms with van der Waals surface area (Å²) in [6.45, 7) is 9.85. The maximum absolute atomic E-state index is 12.9. The van der Waals surface area contributed by atoms with Gasteiger partial charge >= 0.3 is 0 Å². The molecule has 5 aromatic carbocycles. The number of benzene rings is 5. The molecule has 3 N–H and O–H groups in total. The summed E-state index contributed by atoms with van der Waals surface area (Å²) in [6.07, 6.45) is 10.6. The Morgan fingerprint density at radius 3 is 1.50 bits per heavy atom. The van der Waals surface area contributed by atoms with Crippen LogP contribution in [0.1, 0.15) is 56.9 Å². The minimum Gasteiger partial charge on any atom is -0.492 e. The van der Waals surface area contributed by atoms with Crippen molar-refractivity contribution in [1.29, 1.82) is 0 Å². The number of nitrogens with zero attached hydrogens (tertiary/aromatic N) is 3. The Morgan fingerprint density at radius 1 is 0.543 bits per heavy atom. The standard InChI is InChI=1S/C22H20N2O6S2.C20H23N3O3S.C5H11N.C4H8O/c1-16-7-10-19(11-8-16)32(27,28)30-14-13-29-17-9-12-21-20(15-17)22(24-23-21)31(25,26)18-5-3-2-4-6-18;24-27(25,17-7-3-1-4-8-17)20-18-15-16(9-10-19(18)21-22-20)26-14-13-23-11-5-2-6-12-23;1-2-4-6-5-3-1;1-2-4-5-3-1/h2-12,15H,13-14H2,1H3,(H,23,24);1,3-4,7-10,15H,2,5-6,11-14H2,(H,21,22);6H,1-5H2;1-4H2. The lowest BCUT2D eigenvalue weighted by molar-refractivity contribution is 0.183. The fourth-order valence-electron chi connectivity index (χ4n) is 7.82. The molecule has 0 unspecified atom stereocenters. The van der Waals surface area contributed by atoms with Crippen molar-refractivity contribution >= 4 is 51.6 Å². The molecule has 2 aromatic heterocycles. The van der Waals surface area contributed by atoms with Crippen molar-refractivity contribution in [3.05, 3.63) is 127 Å². The second kappa shape index (κ2) is 25.4. The third kappa shape index (κ3) is 14.5. The van der Waals surface area contributed by atoms with Crippen molar-refractivity contribution in [2.75, 3.05) is 65.8 Å². The van der Waals surface area contributed by atoms with Crippen molar-refractivity contribution < 1.29 is 43.6 Å². The third-order valence-electron chi connectivity index (χ3n) is 11.7. The lowest BCUT2D eigenvalue weighted by Crippen LogP contribution is -2.33. The average molecular weight is 1020 g/mol. The highest BCUT2D eigenvalue weighted by Gasteiger charge is 2.25. The zero-order chi connectivity index (χ0) is 49.2.